The van der Waals surface area contributed by atoms with Crippen LogP contribution in [0.5, 0.6) is 0 Å². The molecule has 0 aliphatic carbocycles. The second-order valence-electron chi connectivity index (χ2n) is 5.86. The molecule has 0 aromatic rings. The maximum atomic E-state index is 11.3. The summed E-state index contributed by atoms with van der Waals surface area (Å²) in [6.07, 6.45) is 0. The normalized spacial score (nSPS) is 23.4. The monoisotopic (exact) mass is 231 g/mol. The van der Waals surface area contributed by atoms with Crippen LogP contribution < -0.4 is 0 Å². The Morgan fingerprint density at radius 2 is 1.57 bits per heavy atom. The van der Waals surface area contributed by atoms with E-state index in [2.05, 4.69) is 43.5 Å². The molecule has 0 N–H and O–H groups in total. The number of carbonyl (C=O) groups is 1. The van der Waals surface area contributed by atoms with Gasteiger partial charge in [-0.25, -0.2) is 0 Å². The van der Waals surface area contributed by atoms with E-state index in [1.54, 1.807) is 0 Å². The predicted octanol–water partition coefficient (Wildman–Crippen LogP) is 1.88. The third kappa shape index (κ3) is 2.26. The summed E-state index contributed by atoms with van der Waals surface area (Å²) in [7, 11) is -2.80. The molecule has 1 rings (SSSR count). The van der Waals surface area contributed by atoms with Crippen LogP contribution in [0.1, 0.15) is 0 Å². The SMILES string of the molecule is C[Si](C)(C)N(C1COC1=O)[Si](C)(C)C. The highest BCUT2D eigenvalue weighted by atomic mass is 28.4. The molecule has 3 nitrogen and oxygen atoms in total. The minimum atomic E-state index is -1.40. The molecular weight excluding hydrogens is 210 g/mol. The van der Waals surface area contributed by atoms with Gasteiger partial charge in [0.05, 0.1) is 0 Å². The smallest absolute Gasteiger partial charge is 0.325 e. The van der Waals surface area contributed by atoms with Gasteiger partial charge in [0.25, 0.3) is 0 Å². The summed E-state index contributed by atoms with van der Waals surface area (Å²) < 4.78 is 7.38. The van der Waals surface area contributed by atoms with Gasteiger partial charge in [-0.3, -0.25) is 4.79 Å². The Morgan fingerprint density at radius 1 is 1.14 bits per heavy atom. The van der Waals surface area contributed by atoms with Gasteiger partial charge in [0.1, 0.15) is 29.1 Å². The van der Waals surface area contributed by atoms with E-state index in [9.17, 15) is 4.79 Å². The lowest BCUT2D eigenvalue weighted by Gasteiger charge is -2.50. The molecule has 0 amide bonds. The lowest BCUT2D eigenvalue weighted by atomic mass is 10.3. The first-order chi connectivity index (χ1) is 6.14. The summed E-state index contributed by atoms with van der Waals surface area (Å²) in [5, 5.41) is 0. The zero-order valence-corrected chi connectivity index (χ0v) is 12.0. The van der Waals surface area contributed by atoms with E-state index in [-0.39, 0.29) is 12.0 Å². The van der Waals surface area contributed by atoms with E-state index in [1.807, 2.05) is 0 Å². The molecule has 0 aromatic heterocycles. The molecule has 0 saturated carbocycles. The Hall–Kier alpha value is -0.136. The minimum Gasteiger partial charge on any atom is -0.462 e. The minimum absolute atomic E-state index is 0.0187. The van der Waals surface area contributed by atoms with Crippen LogP contribution in [-0.4, -0.2) is 39.3 Å². The summed E-state index contributed by atoms with van der Waals surface area (Å²) in [6.45, 7) is 14.4. The van der Waals surface area contributed by atoms with E-state index < -0.39 is 16.5 Å². The Bertz CT molecular complexity index is 228. The first-order valence-electron chi connectivity index (χ1n) is 5.10. The van der Waals surface area contributed by atoms with Crippen LogP contribution in [0.2, 0.25) is 39.3 Å². The average molecular weight is 231 g/mol. The van der Waals surface area contributed by atoms with Crippen LogP contribution in [0.3, 0.4) is 0 Å². The largest absolute Gasteiger partial charge is 0.462 e. The average Bonchev–Trinajstić information content (AvgIpc) is 1.92. The molecule has 5 heteroatoms. The number of esters is 1. The summed E-state index contributed by atoms with van der Waals surface area (Å²) in [5.41, 5.74) is 0. The molecular formula is C9H21NO2Si2. The molecule has 1 heterocycles. The topological polar surface area (TPSA) is 29.5 Å². The molecule has 0 spiro atoms. The van der Waals surface area contributed by atoms with E-state index >= 15 is 0 Å². The van der Waals surface area contributed by atoms with Gasteiger partial charge in [-0.15, -0.1) is 0 Å². The van der Waals surface area contributed by atoms with E-state index in [1.165, 1.54) is 0 Å². The zero-order valence-electron chi connectivity index (χ0n) is 10.0. The Labute approximate surface area is 88.6 Å². The second-order valence-corrected chi connectivity index (χ2v) is 16.0. The molecule has 0 bridgehead atoms. The Kier molecular flexibility index (Phi) is 2.95. The van der Waals surface area contributed by atoms with Gasteiger partial charge in [-0.2, -0.15) is 0 Å². The molecule has 0 radical (unpaired) electrons. The fourth-order valence-electron chi connectivity index (χ4n) is 2.35. The van der Waals surface area contributed by atoms with Crippen molar-refractivity contribution in [2.75, 3.05) is 6.61 Å². The van der Waals surface area contributed by atoms with E-state index in [4.69, 9.17) is 4.74 Å². The summed E-state index contributed by atoms with van der Waals surface area (Å²) in [5.74, 6) is -0.0187. The molecule has 0 aromatic carbocycles. The highest BCUT2D eigenvalue weighted by Gasteiger charge is 2.47. The zero-order chi connectivity index (χ0) is 11.1. The maximum absolute atomic E-state index is 11.3. The third-order valence-electron chi connectivity index (χ3n) is 2.41. The summed E-state index contributed by atoms with van der Waals surface area (Å²) in [6, 6.07) is 0.0633. The molecule has 1 aliphatic rings. The van der Waals surface area contributed by atoms with Crippen molar-refractivity contribution >= 4 is 22.4 Å². The summed E-state index contributed by atoms with van der Waals surface area (Å²) >= 11 is 0. The lowest BCUT2D eigenvalue weighted by molar-refractivity contribution is -0.165. The highest BCUT2D eigenvalue weighted by molar-refractivity contribution is 6.89. The number of rotatable bonds is 3. The van der Waals surface area contributed by atoms with Gasteiger partial charge in [0.15, 0.2) is 0 Å². The Morgan fingerprint density at radius 3 is 1.64 bits per heavy atom. The van der Waals surface area contributed by atoms with Gasteiger partial charge < -0.3 is 8.97 Å². The van der Waals surface area contributed by atoms with Crippen molar-refractivity contribution in [1.29, 1.82) is 0 Å². The van der Waals surface area contributed by atoms with Crippen molar-refractivity contribution in [3.63, 3.8) is 0 Å². The molecule has 14 heavy (non-hydrogen) atoms. The van der Waals surface area contributed by atoms with Crippen LogP contribution >= 0.6 is 0 Å². The van der Waals surface area contributed by atoms with Crippen LogP contribution in [0.4, 0.5) is 0 Å². The fourth-order valence-corrected chi connectivity index (χ4v) is 12.6. The van der Waals surface area contributed by atoms with Gasteiger partial charge >= 0.3 is 5.97 Å². The molecule has 1 unspecified atom stereocenters. The van der Waals surface area contributed by atoms with Crippen molar-refractivity contribution in [3.8, 4) is 0 Å². The molecule has 1 aliphatic heterocycles. The van der Waals surface area contributed by atoms with E-state index in [0.717, 1.165) is 0 Å². The standard InChI is InChI=1S/C9H21NO2Si2/c1-13(2,3)10(14(4,5)6)8-7-12-9(8)11/h8H,7H2,1-6H3. The lowest BCUT2D eigenvalue weighted by Crippen LogP contribution is -2.69. The van der Waals surface area contributed by atoms with Crippen LogP contribution in [-0.2, 0) is 9.53 Å². The van der Waals surface area contributed by atoms with Gasteiger partial charge in [-0.1, -0.05) is 39.3 Å². The number of nitrogens with zero attached hydrogens (tertiary/aromatic N) is 1. The number of cyclic esters (lactones) is 1. The van der Waals surface area contributed by atoms with Crippen LogP contribution in [0.25, 0.3) is 0 Å². The van der Waals surface area contributed by atoms with Crippen molar-refractivity contribution in [1.82, 2.24) is 4.23 Å². The molecule has 1 fully saturated rings. The van der Waals surface area contributed by atoms with Crippen molar-refractivity contribution in [3.05, 3.63) is 0 Å². The second kappa shape index (κ2) is 3.46. The number of hydrogen-bond donors (Lipinski definition) is 0. The first kappa shape index (κ1) is 11.9. The van der Waals surface area contributed by atoms with Crippen LogP contribution in [0.15, 0.2) is 0 Å². The molecule has 1 atom stereocenters. The van der Waals surface area contributed by atoms with Crippen molar-refractivity contribution in [2.24, 2.45) is 0 Å². The highest BCUT2D eigenvalue weighted by Crippen LogP contribution is 2.27. The van der Waals surface area contributed by atoms with Gasteiger partial charge in [-0.05, 0) is 0 Å². The first-order valence-corrected chi connectivity index (χ1v) is 12.0. The molecule has 1 saturated heterocycles. The predicted molar refractivity (Wildman–Crippen MR) is 63.3 cm³/mol. The number of carbonyl (C=O) groups excluding carboxylic acids is 1. The van der Waals surface area contributed by atoms with Crippen LogP contribution in [0, 0.1) is 0 Å². The van der Waals surface area contributed by atoms with Crippen molar-refractivity contribution in [2.45, 2.75) is 45.3 Å². The maximum Gasteiger partial charge on any atom is 0.325 e. The third-order valence-corrected chi connectivity index (χ3v) is 9.95. The summed E-state index contributed by atoms with van der Waals surface area (Å²) in [4.78, 5) is 11.3. The number of hydrogen-bond acceptors (Lipinski definition) is 3. The molecule has 82 valence electrons. The quantitative estimate of drug-likeness (QED) is 0.549. The van der Waals surface area contributed by atoms with Crippen molar-refractivity contribution < 1.29 is 9.53 Å². The number of ether oxygens (including phenoxy) is 1. The Balaban J connectivity index is 2.89. The van der Waals surface area contributed by atoms with E-state index in [0.29, 0.717) is 6.61 Å². The van der Waals surface area contributed by atoms with Gasteiger partial charge in [0.2, 0.25) is 0 Å². The fraction of sp³-hybridized carbons (Fsp3) is 0.889. The van der Waals surface area contributed by atoms with Gasteiger partial charge in [0, 0.05) is 0 Å².